The summed E-state index contributed by atoms with van der Waals surface area (Å²) in [6, 6.07) is 5.57. The second-order valence-corrected chi connectivity index (χ2v) is 7.60. The number of hydrazone groups is 1. The van der Waals surface area contributed by atoms with Gasteiger partial charge in [0.15, 0.2) is 11.2 Å². The number of benzene rings is 1. The molecular formula is C18H21BrN6O3. The minimum atomic E-state index is -0.513. The van der Waals surface area contributed by atoms with Gasteiger partial charge in [-0.3, -0.25) is 14.3 Å². The molecule has 0 saturated carbocycles. The van der Waals surface area contributed by atoms with Gasteiger partial charge in [0.05, 0.1) is 13.3 Å². The van der Waals surface area contributed by atoms with E-state index in [9.17, 15) is 9.59 Å². The number of H-pyrrole nitrogens is 1. The number of nitrogens with one attached hydrogen (secondary N) is 2. The minimum Gasteiger partial charge on any atom is -0.496 e. The summed E-state index contributed by atoms with van der Waals surface area (Å²) in [5.74, 6) is 1.30. The van der Waals surface area contributed by atoms with Crippen LogP contribution in [0.2, 0.25) is 0 Å². The summed E-state index contributed by atoms with van der Waals surface area (Å²) in [6.07, 6.45) is 1.60. The van der Waals surface area contributed by atoms with E-state index in [1.165, 1.54) is 4.57 Å². The molecule has 1 aromatic carbocycles. The van der Waals surface area contributed by atoms with Gasteiger partial charge in [-0.1, -0.05) is 29.8 Å². The number of imidazole rings is 1. The van der Waals surface area contributed by atoms with Gasteiger partial charge in [0.25, 0.3) is 5.56 Å². The molecule has 0 aliphatic heterocycles. The van der Waals surface area contributed by atoms with Crippen molar-refractivity contribution in [1.29, 1.82) is 0 Å². The van der Waals surface area contributed by atoms with E-state index in [0.717, 1.165) is 10.0 Å². The maximum absolute atomic E-state index is 12.4. The van der Waals surface area contributed by atoms with Crippen LogP contribution in [0.3, 0.4) is 0 Å². The monoisotopic (exact) mass is 448 g/mol. The van der Waals surface area contributed by atoms with Crippen LogP contribution in [0.1, 0.15) is 19.4 Å². The van der Waals surface area contributed by atoms with E-state index in [4.69, 9.17) is 4.74 Å². The molecular weight excluding hydrogens is 428 g/mol. The summed E-state index contributed by atoms with van der Waals surface area (Å²) in [5.41, 5.74) is 3.29. The van der Waals surface area contributed by atoms with Crippen LogP contribution < -0.4 is 21.4 Å². The van der Waals surface area contributed by atoms with Crippen molar-refractivity contribution in [2.45, 2.75) is 20.4 Å². The lowest BCUT2D eigenvalue weighted by molar-refractivity contribution is 0.414. The average Bonchev–Trinajstić information content (AvgIpc) is 2.98. The van der Waals surface area contributed by atoms with Crippen molar-refractivity contribution in [3.05, 3.63) is 49.1 Å². The highest BCUT2D eigenvalue weighted by Gasteiger charge is 2.17. The van der Waals surface area contributed by atoms with E-state index < -0.39 is 11.2 Å². The predicted molar refractivity (Wildman–Crippen MR) is 112 cm³/mol. The minimum absolute atomic E-state index is 0.253. The summed E-state index contributed by atoms with van der Waals surface area (Å²) in [7, 11) is 3.15. The number of methoxy groups -OCH3 is 1. The third kappa shape index (κ3) is 3.86. The average molecular weight is 449 g/mol. The SMILES string of the molecule is COc1ccc(Br)cc1/C=N\Nc1nc2c(c(=O)[nH]c(=O)n2C)n1CC(C)C. The molecule has 0 saturated heterocycles. The van der Waals surface area contributed by atoms with Gasteiger partial charge in [0, 0.05) is 23.6 Å². The molecule has 28 heavy (non-hydrogen) atoms. The predicted octanol–water partition coefficient (Wildman–Crippen LogP) is 2.30. The summed E-state index contributed by atoms with van der Waals surface area (Å²) in [6.45, 7) is 4.60. The molecule has 0 spiro atoms. The number of nitrogens with zero attached hydrogens (tertiary/aromatic N) is 4. The Labute approximate surface area is 169 Å². The number of halogens is 1. The number of fused-ring (bicyclic) bond motifs is 1. The number of hydrogen-bond donors (Lipinski definition) is 2. The van der Waals surface area contributed by atoms with Gasteiger partial charge < -0.3 is 9.30 Å². The van der Waals surface area contributed by atoms with Gasteiger partial charge in [-0.2, -0.15) is 10.1 Å². The standard InChI is InChI=1S/C18H21BrN6O3/c1-10(2)9-25-14-15(24(3)18(27)22-16(14)26)21-17(25)23-20-8-11-7-12(19)5-6-13(11)28-4/h5-8,10H,9H2,1-4H3,(H,21,23)(H,22,26,27)/b20-8-. The van der Waals surface area contributed by atoms with Crippen molar-refractivity contribution in [2.24, 2.45) is 18.1 Å². The first-order valence-electron chi connectivity index (χ1n) is 8.64. The summed E-state index contributed by atoms with van der Waals surface area (Å²) in [4.78, 5) is 31.0. The van der Waals surface area contributed by atoms with Crippen LogP contribution >= 0.6 is 15.9 Å². The first kappa shape index (κ1) is 19.9. The smallest absolute Gasteiger partial charge is 0.329 e. The Morgan fingerprint density at radius 2 is 2.14 bits per heavy atom. The van der Waals surface area contributed by atoms with E-state index in [1.807, 2.05) is 32.0 Å². The van der Waals surface area contributed by atoms with Gasteiger partial charge in [0.1, 0.15) is 5.75 Å². The lowest BCUT2D eigenvalue weighted by atomic mass is 10.2. The van der Waals surface area contributed by atoms with E-state index in [0.29, 0.717) is 29.4 Å². The van der Waals surface area contributed by atoms with Gasteiger partial charge in [-0.15, -0.1) is 0 Å². The Bertz CT molecular complexity index is 1160. The molecule has 148 valence electrons. The summed E-state index contributed by atoms with van der Waals surface area (Å²) in [5, 5.41) is 4.25. The third-order valence-electron chi connectivity index (χ3n) is 4.11. The number of ether oxygens (including phenoxy) is 1. The van der Waals surface area contributed by atoms with Gasteiger partial charge in [-0.25, -0.2) is 10.2 Å². The molecule has 0 atom stereocenters. The molecule has 3 aromatic rings. The molecule has 2 heterocycles. The molecule has 10 heteroatoms. The molecule has 3 rings (SSSR count). The first-order chi connectivity index (χ1) is 13.3. The molecule has 0 fully saturated rings. The Morgan fingerprint density at radius 3 is 2.82 bits per heavy atom. The Hall–Kier alpha value is -2.88. The summed E-state index contributed by atoms with van der Waals surface area (Å²) >= 11 is 3.42. The van der Waals surface area contributed by atoms with Crippen molar-refractivity contribution in [2.75, 3.05) is 12.5 Å². The van der Waals surface area contributed by atoms with Crippen LogP contribution in [-0.4, -0.2) is 32.4 Å². The van der Waals surface area contributed by atoms with Gasteiger partial charge in [-0.05, 0) is 24.1 Å². The maximum Gasteiger partial charge on any atom is 0.329 e. The van der Waals surface area contributed by atoms with Crippen LogP contribution in [0.15, 0.2) is 37.4 Å². The molecule has 0 bridgehead atoms. The Morgan fingerprint density at radius 1 is 1.39 bits per heavy atom. The second kappa shape index (κ2) is 8.01. The molecule has 2 N–H and O–H groups in total. The van der Waals surface area contributed by atoms with Gasteiger partial charge >= 0.3 is 5.69 Å². The largest absolute Gasteiger partial charge is 0.496 e. The topological polar surface area (TPSA) is 106 Å². The molecule has 9 nitrogen and oxygen atoms in total. The van der Waals surface area contributed by atoms with Crippen LogP contribution in [-0.2, 0) is 13.6 Å². The first-order valence-corrected chi connectivity index (χ1v) is 9.43. The zero-order chi connectivity index (χ0) is 20.4. The lowest BCUT2D eigenvalue weighted by Crippen LogP contribution is -2.29. The zero-order valence-corrected chi connectivity index (χ0v) is 17.6. The highest BCUT2D eigenvalue weighted by Crippen LogP contribution is 2.22. The summed E-state index contributed by atoms with van der Waals surface area (Å²) < 4.78 is 9.26. The normalized spacial score (nSPS) is 11.6. The fraction of sp³-hybridized carbons (Fsp3) is 0.333. The van der Waals surface area contributed by atoms with Crippen molar-refractivity contribution in [3.63, 3.8) is 0 Å². The lowest BCUT2D eigenvalue weighted by Gasteiger charge is -2.10. The second-order valence-electron chi connectivity index (χ2n) is 6.69. The van der Waals surface area contributed by atoms with E-state index >= 15 is 0 Å². The quantitative estimate of drug-likeness (QED) is 0.444. The number of aromatic amines is 1. The fourth-order valence-electron chi connectivity index (χ4n) is 2.83. The van der Waals surface area contributed by atoms with Crippen molar-refractivity contribution in [3.8, 4) is 5.75 Å². The van der Waals surface area contributed by atoms with Crippen molar-refractivity contribution >= 4 is 39.3 Å². The number of hydrogen-bond acceptors (Lipinski definition) is 6. The van der Waals surface area contributed by atoms with E-state index in [-0.39, 0.29) is 5.92 Å². The van der Waals surface area contributed by atoms with Crippen LogP contribution in [0.5, 0.6) is 5.75 Å². The highest BCUT2D eigenvalue weighted by atomic mass is 79.9. The molecule has 0 radical (unpaired) electrons. The number of anilines is 1. The van der Waals surface area contributed by atoms with Crippen molar-refractivity contribution < 1.29 is 4.74 Å². The molecule has 0 unspecified atom stereocenters. The van der Waals surface area contributed by atoms with Crippen LogP contribution in [0, 0.1) is 5.92 Å². The van der Waals surface area contributed by atoms with Crippen molar-refractivity contribution in [1.82, 2.24) is 19.1 Å². The Balaban J connectivity index is 2.04. The van der Waals surface area contributed by atoms with Crippen LogP contribution in [0.4, 0.5) is 5.95 Å². The Kier molecular flexibility index (Phi) is 5.68. The molecule has 0 amide bonds. The molecule has 2 aromatic heterocycles. The van der Waals surface area contributed by atoms with E-state index in [2.05, 4.69) is 36.4 Å². The number of rotatable bonds is 6. The molecule has 0 aliphatic carbocycles. The number of aromatic nitrogens is 4. The fourth-order valence-corrected chi connectivity index (χ4v) is 3.21. The maximum atomic E-state index is 12.4. The van der Waals surface area contributed by atoms with Crippen LogP contribution in [0.25, 0.3) is 11.2 Å². The third-order valence-corrected chi connectivity index (χ3v) is 4.61. The van der Waals surface area contributed by atoms with Gasteiger partial charge in [0.2, 0.25) is 5.95 Å². The zero-order valence-electron chi connectivity index (χ0n) is 16.0. The molecule has 0 aliphatic rings. The number of aryl methyl sites for hydroxylation is 1. The highest BCUT2D eigenvalue weighted by molar-refractivity contribution is 9.10. The van der Waals surface area contributed by atoms with E-state index in [1.54, 1.807) is 24.9 Å².